The average Bonchev–Trinajstić information content (AvgIpc) is 2.67. The van der Waals surface area contributed by atoms with Gasteiger partial charge in [0.25, 0.3) is 0 Å². The Kier molecular flexibility index (Phi) is 6.25. The highest BCUT2D eigenvalue weighted by molar-refractivity contribution is 9.10. The molecule has 0 bridgehead atoms. The zero-order valence-electron chi connectivity index (χ0n) is 15.4. The van der Waals surface area contributed by atoms with E-state index in [9.17, 15) is 4.79 Å². The third-order valence-corrected chi connectivity index (χ3v) is 5.21. The maximum Gasteiger partial charge on any atom is 0.225 e. The molecule has 0 aliphatic carbocycles. The first-order valence-corrected chi connectivity index (χ1v) is 9.91. The molecule has 1 aromatic heterocycles. The molecule has 5 nitrogen and oxygen atoms in total. The molecule has 0 unspecified atom stereocenters. The second kappa shape index (κ2) is 8.62. The molecule has 1 aliphatic rings. The van der Waals surface area contributed by atoms with E-state index in [0.717, 1.165) is 43.0 Å². The van der Waals surface area contributed by atoms with E-state index in [0.29, 0.717) is 12.3 Å². The Bertz CT molecular complexity index is 722. The van der Waals surface area contributed by atoms with Crippen molar-refractivity contribution >= 4 is 27.8 Å². The number of hydrogen-bond acceptors (Lipinski definition) is 4. The van der Waals surface area contributed by atoms with Gasteiger partial charge in [0.2, 0.25) is 11.9 Å². The largest absolute Gasteiger partial charge is 0.339 e. The normalized spacial score (nSPS) is 14.8. The number of carbonyl (C=O) groups is 1. The molecule has 1 fully saturated rings. The predicted molar refractivity (Wildman–Crippen MR) is 107 cm³/mol. The van der Waals surface area contributed by atoms with Crippen LogP contribution in [-0.4, -0.2) is 47.0 Å². The van der Waals surface area contributed by atoms with Gasteiger partial charge in [-0.1, -0.05) is 38.1 Å². The van der Waals surface area contributed by atoms with Crippen LogP contribution < -0.4 is 4.90 Å². The second-order valence-corrected chi connectivity index (χ2v) is 7.88. The summed E-state index contributed by atoms with van der Waals surface area (Å²) in [5.74, 6) is 1.50. The number of nitrogens with zero attached hydrogens (tertiary/aromatic N) is 4. The molecule has 0 saturated carbocycles. The number of benzene rings is 1. The Hall–Kier alpha value is -1.95. The fourth-order valence-corrected chi connectivity index (χ4v) is 3.31. The summed E-state index contributed by atoms with van der Waals surface area (Å²) in [6.07, 6.45) is 4.87. The monoisotopic (exact) mass is 416 g/mol. The van der Waals surface area contributed by atoms with Crippen LogP contribution in [0.1, 0.15) is 37.3 Å². The van der Waals surface area contributed by atoms with Crippen LogP contribution in [0.25, 0.3) is 0 Å². The molecule has 0 atom stereocenters. The minimum absolute atomic E-state index is 0.231. The number of aromatic nitrogens is 2. The lowest BCUT2D eigenvalue weighted by Gasteiger charge is -2.34. The smallest absolute Gasteiger partial charge is 0.225 e. The highest BCUT2D eigenvalue weighted by Gasteiger charge is 2.22. The summed E-state index contributed by atoms with van der Waals surface area (Å²) in [4.78, 5) is 25.2. The Morgan fingerprint density at radius 2 is 1.69 bits per heavy atom. The van der Waals surface area contributed by atoms with Crippen molar-refractivity contribution in [3.63, 3.8) is 0 Å². The van der Waals surface area contributed by atoms with E-state index < -0.39 is 0 Å². The summed E-state index contributed by atoms with van der Waals surface area (Å²) in [7, 11) is 0. The maximum atomic E-state index is 12.5. The van der Waals surface area contributed by atoms with Gasteiger partial charge in [0.05, 0.1) is 4.47 Å². The average molecular weight is 417 g/mol. The standard InChI is InChI=1S/C20H25BrN4O/c1-15(2)17-6-3-16(4-7-17)5-8-19(26)24-9-11-25(12-10-24)20-22-13-18(21)14-23-20/h3-4,6-7,13-15H,5,8-12H2,1-2H3. The lowest BCUT2D eigenvalue weighted by molar-refractivity contribution is -0.131. The Labute approximate surface area is 163 Å². The lowest BCUT2D eigenvalue weighted by Crippen LogP contribution is -2.49. The molecule has 1 saturated heterocycles. The van der Waals surface area contributed by atoms with Gasteiger partial charge in [0.1, 0.15) is 0 Å². The van der Waals surface area contributed by atoms with Crippen LogP contribution in [0.15, 0.2) is 41.1 Å². The summed E-state index contributed by atoms with van der Waals surface area (Å²) in [5.41, 5.74) is 2.57. The van der Waals surface area contributed by atoms with Gasteiger partial charge in [-0.15, -0.1) is 0 Å². The molecule has 2 heterocycles. The van der Waals surface area contributed by atoms with Crippen LogP contribution in [-0.2, 0) is 11.2 Å². The van der Waals surface area contributed by atoms with Gasteiger partial charge in [-0.3, -0.25) is 4.79 Å². The molecule has 6 heteroatoms. The Balaban J connectivity index is 1.47. The third-order valence-electron chi connectivity index (χ3n) is 4.80. The number of halogens is 1. The van der Waals surface area contributed by atoms with Crippen molar-refractivity contribution in [3.8, 4) is 0 Å². The van der Waals surface area contributed by atoms with E-state index >= 15 is 0 Å². The number of rotatable bonds is 5. The zero-order chi connectivity index (χ0) is 18.5. The van der Waals surface area contributed by atoms with E-state index in [1.54, 1.807) is 12.4 Å². The molecule has 1 aliphatic heterocycles. The van der Waals surface area contributed by atoms with Crippen LogP contribution in [0.2, 0.25) is 0 Å². The summed E-state index contributed by atoms with van der Waals surface area (Å²) >= 11 is 3.35. The number of hydrogen-bond donors (Lipinski definition) is 0. The molecular formula is C20H25BrN4O. The van der Waals surface area contributed by atoms with Crippen molar-refractivity contribution in [1.29, 1.82) is 0 Å². The summed E-state index contributed by atoms with van der Waals surface area (Å²) in [6.45, 7) is 7.39. The lowest BCUT2D eigenvalue weighted by atomic mass is 10.00. The number of anilines is 1. The van der Waals surface area contributed by atoms with Crippen molar-refractivity contribution in [2.45, 2.75) is 32.6 Å². The predicted octanol–water partition coefficient (Wildman–Crippen LogP) is 3.64. The molecule has 1 amide bonds. The van der Waals surface area contributed by atoms with Gasteiger partial charge < -0.3 is 9.80 Å². The van der Waals surface area contributed by atoms with E-state index in [1.807, 2.05) is 4.90 Å². The second-order valence-electron chi connectivity index (χ2n) is 6.97. The Morgan fingerprint density at radius 3 is 2.27 bits per heavy atom. The molecule has 26 heavy (non-hydrogen) atoms. The SMILES string of the molecule is CC(C)c1ccc(CCC(=O)N2CCN(c3ncc(Br)cn3)CC2)cc1. The molecule has 2 aromatic rings. The number of piperazine rings is 1. The summed E-state index contributed by atoms with van der Waals surface area (Å²) in [5, 5.41) is 0. The molecule has 3 rings (SSSR count). The van der Waals surface area contributed by atoms with Gasteiger partial charge in [0, 0.05) is 45.0 Å². The first-order chi connectivity index (χ1) is 12.5. The molecule has 0 spiro atoms. The molecule has 0 radical (unpaired) electrons. The van der Waals surface area contributed by atoms with Crippen LogP contribution in [0, 0.1) is 0 Å². The molecule has 1 aromatic carbocycles. The highest BCUT2D eigenvalue weighted by atomic mass is 79.9. The van der Waals surface area contributed by atoms with E-state index in [2.05, 4.69) is 68.9 Å². The van der Waals surface area contributed by atoms with E-state index in [-0.39, 0.29) is 5.91 Å². The minimum atomic E-state index is 0.231. The molecule has 0 N–H and O–H groups in total. The first kappa shape index (κ1) is 18.8. The third kappa shape index (κ3) is 4.81. The van der Waals surface area contributed by atoms with E-state index in [4.69, 9.17) is 0 Å². The minimum Gasteiger partial charge on any atom is -0.339 e. The van der Waals surface area contributed by atoms with Gasteiger partial charge in [-0.25, -0.2) is 9.97 Å². The number of amides is 1. The zero-order valence-corrected chi connectivity index (χ0v) is 16.9. The number of carbonyl (C=O) groups excluding carboxylic acids is 1. The van der Waals surface area contributed by atoms with Crippen molar-refractivity contribution in [2.75, 3.05) is 31.1 Å². The van der Waals surface area contributed by atoms with Crippen LogP contribution >= 0.6 is 15.9 Å². The van der Waals surface area contributed by atoms with E-state index in [1.165, 1.54) is 11.1 Å². The van der Waals surface area contributed by atoms with Gasteiger partial charge in [-0.05, 0) is 39.4 Å². The van der Waals surface area contributed by atoms with Crippen molar-refractivity contribution in [3.05, 3.63) is 52.3 Å². The van der Waals surface area contributed by atoms with Crippen LogP contribution in [0.5, 0.6) is 0 Å². The highest BCUT2D eigenvalue weighted by Crippen LogP contribution is 2.17. The van der Waals surface area contributed by atoms with Crippen molar-refractivity contribution in [1.82, 2.24) is 14.9 Å². The van der Waals surface area contributed by atoms with Gasteiger partial charge in [-0.2, -0.15) is 0 Å². The van der Waals surface area contributed by atoms with Crippen molar-refractivity contribution in [2.24, 2.45) is 0 Å². The Morgan fingerprint density at radius 1 is 1.08 bits per heavy atom. The molecular weight excluding hydrogens is 392 g/mol. The topological polar surface area (TPSA) is 49.3 Å². The fraction of sp³-hybridized carbons (Fsp3) is 0.450. The maximum absolute atomic E-state index is 12.5. The van der Waals surface area contributed by atoms with Crippen LogP contribution in [0.4, 0.5) is 5.95 Å². The summed E-state index contributed by atoms with van der Waals surface area (Å²) < 4.78 is 0.872. The van der Waals surface area contributed by atoms with Gasteiger partial charge >= 0.3 is 0 Å². The van der Waals surface area contributed by atoms with Crippen LogP contribution in [0.3, 0.4) is 0 Å². The molecule has 138 valence electrons. The first-order valence-electron chi connectivity index (χ1n) is 9.12. The number of aryl methyl sites for hydroxylation is 1. The fourth-order valence-electron chi connectivity index (χ4n) is 3.10. The summed E-state index contributed by atoms with van der Waals surface area (Å²) in [6, 6.07) is 8.62. The van der Waals surface area contributed by atoms with Crippen molar-refractivity contribution < 1.29 is 4.79 Å². The van der Waals surface area contributed by atoms with Gasteiger partial charge in [0.15, 0.2) is 0 Å². The quantitative estimate of drug-likeness (QED) is 0.746.